The van der Waals surface area contributed by atoms with Gasteiger partial charge in [-0.25, -0.2) is 4.68 Å². The molecule has 0 unspecified atom stereocenters. The molecule has 0 saturated heterocycles. The van der Waals surface area contributed by atoms with Crippen LogP contribution in [0, 0.1) is 6.92 Å². The topological polar surface area (TPSA) is 76.5 Å². The quantitative estimate of drug-likeness (QED) is 0.674. The number of carbonyl (C=O) groups is 2. The van der Waals surface area contributed by atoms with E-state index in [1.54, 1.807) is 29.1 Å². The minimum atomic E-state index is -0.293. The first kappa shape index (κ1) is 18.2. The molecular formula is C20H17BrN4O3. The first-order valence-electron chi connectivity index (χ1n) is 8.65. The van der Waals surface area contributed by atoms with Gasteiger partial charge in [-0.1, -0.05) is 22.0 Å². The summed E-state index contributed by atoms with van der Waals surface area (Å²) in [5.74, 6) is 0.0160. The summed E-state index contributed by atoms with van der Waals surface area (Å²) in [6.07, 6.45) is 1.72. The Morgan fingerprint density at radius 2 is 2.11 bits per heavy atom. The Hall–Kier alpha value is -3.13. The van der Waals surface area contributed by atoms with E-state index in [0.717, 1.165) is 15.9 Å². The number of amides is 2. The van der Waals surface area contributed by atoms with Gasteiger partial charge in [-0.05, 0) is 49.4 Å². The van der Waals surface area contributed by atoms with Gasteiger partial charge in [0.05, 0.1) is 11.4 Å². The third-order valence-corrected chi connectivity index (χ3v) is 4.87. The highest BCUT2D eigenvalue weighted by Gasteiger charge is 2.27. The van der Waals surface area contributed by atoms with Crippen LogP contribution in [-0.4, -0.2) is 34.7 Å². The van der Waals surface area contributed by atoms with E-state index in [-0.39, 0.29) is 25.0 Å². The zero-order valence-electron chi connectivity index (χ0n) is 15.1. The van der Waals surface area contributed by atoms with Crippen LogP contribution >= 0.6 is 15.9 Å². The first-order valence-corrected chi connectivity index (χ1v) is 9.44. The normalized spacial score (nSPS) is 13.1. The molecule has 1 N–H and O–H groups in total. The third-order valence-electron chi connectivity index (χ3n) is 4.37. The Kier molecular flexibility index (Phi) is 4.87. The van der Waals surface area contributed by atoms with Gasteiger partial charge < -0.3 is 10.1 Å². The number of halogens is 1. The molecular weight excluding hydrogens is 424 g/mol. The smallest absolute Gasteiger partial charge is 0.265 e. The number of benzene rings is 2. The van der Waals surface area contributed by atoms with E-state index in [9.17, 15) is 9.59 Å². The number of nitrogens with one attached hydrogen (secondary N) is 1. The van der Waals surface area contributed by atoms with Gasteiger partial charge in [0.25, 0.3) is 5.91 Å². The molecule has 7 nitrogen and oxygen atoms in total. The molecule has 0 atom stereocenters. The molecule has 3 aromatic rings. The van der Waals surface area contributed by atoms with Crippen molar-refractivity contribution in [3.05, 3.63) is 64.9 Å². The Morgan fingerprint density at radius 3 is 2.89 bits per heavy atom. The van der Waals surface area contributed by atoms with Crippen molar-refractivity contribution in [3.63, 3.8) is 0 Å². The summed E-state index contributed by atoms with van der Waals surface area (Å²) in [5, 5.41) is 7.13. The van der Waals surface area contributed by atoms with Crippen LogP contribution in [0.1, 0.15) is 5.69 Å². The maximum atomic E-state index is 12.6. The molecule has 0 aliphatic carbocycles. The molecule has 1 aliphatic heterocycles. The van der Waals surface area contributed by atoms with E-state index in [1.165, 1.54) is 4.90 Å². The van der Waals surface area contributed by atoms with Gasteiger partial charge in [0, 0.05) is 22.1 Å². The molecule has 2 aromatic carbocycles. The Labute approximate surface area is 170 Å². The van der Waals surface area contributed by atoms with Crippen LogP contribution in [0.25, 0.3) is 5.69 Å². The monoisotopic (exact) mass is 440 g/mol. The minimum absolute atomic E-state index is 0.0925. The molecule has 4 rings (SSSR count). The fourth-order valence-electron chi connectivity index (χ4n) is 3.05. The highest BCUT2D eigenvalue weighted by molar-refractivity contribution is 9.10. The van der Waals surface area contributed by atoms with E-state index < -0.39 is 0 Å². The van der Waals surface area contributed by atoms with E-state index in [1.807, 2.05) is 37.3 Å². The lowest BCUT2D eigenvalue weighted by molar-refractivity contribution is -0.123. The van der Waals surface area contributed by atoms with Gasteiger partial charge in [0.15, 0.2) is 6.61 Å². The van der Waals surface area contributed by atoms with Crippen LogP contribution in [0.15, 0.2) is 59.2 Å². The summed E-state index contributed by atoms with van der Waals surface area (Å²) in [6.45, 7) is 1.77. The van der Waals surface area contributed by atoms with Crippen molar-refractivity contribution in [3.8, 4) is 11.4 Å². The van der Waals surface area contributed by atoms with Crippen molar-refractivity contribution in [2.75, 3.05) is 23.4 Å². The van der Waals surface area contributed by atoms with Gasteiger partial charge in [0.2, 0.25) is 5.91 Å². The highest BCUT2D eigenvalue weighted by Crippen LogP contribution is 2.34. The lowest BCUT2D eigenvalue weighted by Gasteiger charge is -2.29. The van der Waals surface area contributed by atoms with Gasteiger partial charge in [-0.15, -0.1) is 0 Å². The third kappa shape index (κ3) is 3.63. The second-order valence-electron chi connectivity index (χ2n) is 6.36. The summed E-state index contributed by atoms with van der Waals surface area (Å²) in [7, 11) is 0. The average Bonchev–Trinajstić information content (AvgIpc) is 3.10. The number of fused-ring (bicyclic) bond motifs is 1. The molecule has 0 radical (unpaired) electrons. The number of rotatable bonds is 4. The van der Waals surface area contributed by atoms with Crippen LogP contribution in [0.2, 0.25) is 0 Å². The van der Waals surface area contributed by atoms with Crippen LogP contribution in [0.5, 0.6) is 5.75 Å². The molecule has 2 heterocycles. The second-order valence-corrected chi connectivity index (χ2v) is 7.28. The Balaban J connectivity index is 1.51. The molecule has 0 fully saturated rings. The van der Waals surface area contributed by atoms with E-state index >= 15 is 0 Å². The van der Waals surface area contributed by atoms with Crippen molar-refractivity contribution in [2.45, 2.75) is 6.92 Å². The Bertz CT molecular complexity index is 1060. The highest BCUT2D eigenvalue weighted by atomic mass is 79.9. The van der Waals surface area contributed by atoms with Crippen LogP contribution in [0.3, 0.4) is 0 Å². The number of nitrogens with zero attached hydrogens (tertiary/aromatic N) is 3. The number of aryl methyl sites for hydroxylation is 1. The number of hydrogen-bond acceptors (Lipinski definition) is 4. The summed E-state index contributed by atoms with van der Waals surface area (Å²) < 4.78 is 8.08. The number of hydrogen-bond donors (Lipinski definition) is 1. The summed E-state index contributed by atoms with van der Waals surface area (Å²) in [5.41, 5.74) is 3.05. The fourth-order valence-corrected chi connectivity index (χ4v) is 3.39. The molecule has 1 aromatic heterocycles. The Morgan fingerprint density at radius 1 is 1.25 bits per heavy atom. The molecule has 28 heavy (non-hydrogen) atoms. The van der Waals surface area contributed by atoms with Crippen molar-refractivity contribution >= 4 is 39.1 Å². The number of ether oxygens (including phenoxy) is 1. The number of aromatic nitrogens is 2. The van der Waals surface area contributed by atoms with Crippen molar-refractivity contribution in [1.82, 2.24) is 9.78 Å². The van der Waals surface area contributed by atoms with E-state index in [4.69, 9.17) is 4.74 Å². The van der Waals surface area contributed by atoms with Crippen LogP contribution in [-0.2, 0) is 9.59 Å². The standard InChI is InChI=1S/C20H17BrN4O3/c1-13-7-8-22-25(13)16-4-2-3-15(10-16)23-19(26)11-24-17-6-5-14(21)9-18(17)28-12-20(24)27/h2-10H,11-12H2,1H3,(H,23,26). The van der Waals surface area contributed by atoms with Gasteiger partial charge in [-0.2, -0.15) is 5.10 Å². The largest absolute Gasteiger partial charge is 0.482 e. The molecule has 0 saturated carbocycles. The lowest BCUT2D eigenvalue weighted by Crippen LogP contribution is -2.43. The SMILES string of the molecule is Cc1ccnn1-c1cccc(NC(=O)CN2C(=O)COc3cc(Br)ccc32)c1. The predicted octanol–water partition coefficient (Wildman–Crippen LogP) is 3.31. The summed E-state index contributed by atoms with van der Waals surface area (Å²) >= 11 is 3.38. The fraction of sp³-hybridized carbons (Fsp3) is 0.150. The van der Waals surface area contributed by atoms with Gasteiger partial charge in [-0.3, -0.25) is 14.5 Å². The predicted molar refractivity (Wildman–Crippen MR) is 109 cm³/mol. The number of anilines is 2. The zero-order valence-corrected chi connectivity index (χ0v) is 16.6. The molecule has 8 heteroatoms. The number of carbonyl (C=O) groups excluding carboxylic acids is 2. The maximum Gasteiger partial charge on any atom is 0.265 e. The first-order chi connectivity index (χ1) is 13.5. The summed E-state index contributed by atoms with van der Waals surface area (Å²) in [4.78, 5) is 26.3. The molecule has 1 aliphatic rings. The lowest BCUT2D eigenvalue weighted by atomic mass is 10.2. The second kappa shape index (κ2) is 7.47. The zero-order chi connectivity index (χ0) is 19.7. The van der Waals surface area contributed by atoms with E-state index in [0.29, 0.717) is 17.1 Å². The van der Waals surface area contributed by atoms with Crippen LogP contribution in [0.4, 0.5) is 11.4 Å². The molecule has 142 valence electrons. The molecule has 0 bridgehead atoms. The van der Waals surface area contributed by atoms with Crippen molar-refractivity contribution in [1.29, 1.82) is 0 Å². The van der Waals surface area contributed by atoms with Gasteiger partial charge >= 0.3 is 0 Å². The van der Waals surface area contributed by atoms with Gasteiger partial charge in [0.1, 0.15) is 12.3 Å². The minimum Gasteiger partial charge on any atom is -0.482 e. The molecule has 2 amide bonds. The van der Waals surface area contributed by atoms with E-state index in [2.05, 4.69) is 26.3 Å². The van der Waals surface area contributed by atoms with Crippen molar-refractivity contribution < 1.29 is 14.3 Å². The average molecular weight is 441 g/mol. The molecule has 0 spiro atoms. The van der Waals surface area contributed by atoms with Crippen LogP contribution < -0.4 is 15.0 Å². The summed E-state index contributed by atoms with van der Waals surface area (Å²) in [6, 6.07) is 14.6. The van der Waals surface area contributed by atoms with Crippen molar-refractivity contribution in [2.24, 2.45) is 0 Å². The maximum absolute atomic E-state index is 12.6.